The second kappa shape index (κ2) is 8.04. The average molecular weight is 476 g/mol. The first-order valence-corrected chi connectivity index (χ1v) is 11.8. The predicted molar refractivity (Wildman–Crippen MR) is 130 cm³/mol. The number of hydrogen-bond donors (Lipinski definition) is 1. The Hall–Kier alpha value is -4.09. The molecule has 0 bridgehead atoms. The first-order chi connectivity index (χ1) is 16.2. The molecule has 2 aromatic carbocycles. The molecule has 3 heterocycles. The molecule has 0 saturated carbocycles. The van der Waals surface area contributed by atoms with Crippen molar-refractivity contribution in [2.75, 3.05) is 4.31 Å². The van der Waals surface area contributed by atoms with Gasteiger partial charge in [0.2, 0.25) is 0 Å². The molecule has 0 atom stereocenters. The lowest BCUT2D eigenvalue weighted by molar-refractivity contribution is 0.592. The van der Waals surface area contributed by atoms with Gasteiger partial charge in [0.15, 0.2) is 5.43 Å². The van der Waals surface area contributed by atoms with Crippen LogP contribution in [0.5, 0.6) is 0 Å². The smallest absolute Gasteiger partial charge is 0.289 e. The fourth-order valence-electron chi connectivity index (χ4n) is 3.92. The van der Waals surface area contributed by atoms with Gasteiger partial charge in [0.05, 0.1) is 30.1 Å². The lowest BCUT2D eigenvalue weighted by Crippen LogP contribution is -2.36. The highest BCUT2D eigenvalue weighted by Crippen LogP contribution is 2.26. The maximum Gasteiger partial charge on any atom is 0.299 e. The van der Waals surface area contributed by atoms with Gasteiger partial charge in [-0.15, -0.1) is 0 Å². The molecule has 5 aromatic rings. The van der Waals surface area contributed by atoms with Crippen LogP contribution in [0.3, 0.4) is 0 Å². The lowest BCUT2D eigenvalue weighted by Gasteiger charge is -2.21. The van der Waals surface area contributed by atoms with Crippen LogP contribution in [0.1, 0.15) is 5.56 Å². The number of benzene rings is 1. The maximum absolute atomic E-state index is 13.6. The molecule has 0 spiro atoms. The Kier molecular flexibility index (Phi) is 5.14. The molecule has 0 aliphatic heterocycles. The van der Waals surface area contributed by atoms with Crippen molar-refractivity contribution >= 4 is 37.6 Å². The fraction of sp³-hybridized carbons (Fsp3) is 0.130. The molecular formula is C23H21N7O3S. The van der Waals surface area contributed by atoms with E-state index in [0.717, 1.165) is 15.4 Å². The molecule has 0 saturated heterocycles. The topological polar surface area (TPSA) is 129 Å². The Balaban J connectivity index is 1.69. The minimum Gasteiger partial charge on any atom is -0.289 e. The number of pyridine rings is 1. The highest BCUT2D eigenvalue weighted by Gasteiger charge is 2.20. The zero-order valence-electron chi connectivity index (χ0n) is 18.5. The third-order valence-corrected chi connectivity index (χ3v) is 6.54. The number of hydrogen-bond acceptors (Lipinski definition) is 6. The molecule has 0 fully saturated rings. The van der Waals surface area contributed by atoms with Gasteiger partial charge in [-0.3, -0.25) is 23.4 Å². The average Bonchev–Trinajstić information content (AvgIpc) is 3.39. The summed E-state index contributed by atoms with van der Waals surface area (Å²) in [7, 11) is -0.562. The molecule has 0 unspecified atom stereocenters. The van der Waals surface area contributed by atoms with Crippen molar-refractivity contribution in [1.82, 2.24) is 24.5 Å². The SMILES string of the molecule is Cn1cc(CN(c2ccc3ccc4ncc(-c5cnn(C)c5)cc4c(=O)c3c2)S(N)(=O)=O)cn1. The van der Waals surface area contributed by atoms with Gasteiger partial charge in [-0.1, -0.05) is 12.1 Å². The molecule has 0 aliphatic rings. The van der Waals surface area contributed by atoms with Crippen LogP contribution in [0.25, 0.3) is 32.8 Å². The maximum atomic E-state index is 13.6. The quantitative estimate of drug-likeness (QED) is 0.414. The number of anilines is 1. The van der Waals surface area contributed by atoms with Gasteiger partial charge in [0.1, 0.15) is 0 Å². The first-order valence-electron chi connectivity index (χ1n) is 10.3. The summed E-state index contributed by atoms with van der Waals surface area (Å²) in [6, 6.07) is 10.2. The highest BCUT2D eigenvalue weighted by molar-refractivity contribution is 7.90. The molecule has 0 radical (unpaired) electrons. The van der Waals surface area contributed by atoms with Crippen molar-refractivity contribution in [2.24, 2.45) is 19.2 Å². The molecule has 3 aromatic heterocycles. The summed E-state index contributed by atoms with van der Waals surface area (Å²) in [6.45, 7) is -0.0151. The van der Waals surface area contributed by atoms with E-state index in [9.17, 15) is 13.2 Å². The lowest BCUT2D eigenvalue weighted by atomic mass is 10.1. The van der Waals surface area contributed by atoms with Gasteiger partial charge in [-0.2, -0.15) is 18.6 Å². The Morgan fingerprint density at radius 1 is 0.912 bits per heavy atom. The summed E-state index contributed by atoms with van der Waals surface area (Å²) in [5.74, 6) is 0. The Morgan fingerprint density at radius 2 is 1.65 bits per heavy atom. The van der Waals surface area contributed by atoms with Crippen molar-refractivity contribution in [2.45, 2.75) is 6.54 Å². The third-order valence-electron chi connectivity index (χ3n) is 5.58. The number of nitrogens with two attached hydrogens (primary N) is 1. The fourth-order valence-corrected chi connectivity index (χ4v) is 4.66. The standard InChI is InChI=1S/C23H21N7O3S/c1-28-12-15(9-26-28)13-30(34(24,32)33)19-5-3-16-4-6-22-21(23(31)20(16)8-19)7-17(10-25-22)18-11-27-29(2)14-18/h3-12,14H,13H2,1-2H3,(H2,24,32,33). The van der Waals surface area contributed by atoms with Crippen LogP contribution in [0.15, 0.2) is 72.2 Å². The summed E-state index contributed by atoms with van der Waals surface area (Å²) in [6.07, 6.45) is 8.52. The molecule has 0 amide bonds. The van der Waals surface area contributed by atoms with E-state index < -0.39 is 10.2 Å². The number of aromatic nitrogens is 5. The van der Waals surface area contributed by atoms with Crippen molar-refractivity contribution in [3.63, 3.8) is 0 Å². The summed E-state index contributed by atoms with van der Waals surface area (Å²) >= 11 is 0. The molecular weight excluding hydrogens is 454 g/mol. The zero-order valence-corrected chi connectivity index (χ0v) is 19.3. The molecule has 0 aliphatic carbocycles. The monoisotopic (exact) mass is 475 g/mol. The number of fused-ring (bicyclic) bond motifs is 2. The number of rotatable bonds is 5. The second-order valence-electron chi connectivity index (χ2n) is 8.07. The molecule has 5 rings (SSSR count). The van der Waals surface area contributed by atoms with Crippen molar-refractivity contribution in [3.8, 4) is 11.1 Å². The molecule has 11 heteroatoms. The van der Waals surface area contributed by atoms with Crippen LogP contribution >= 0.6 is 0 Å². The van der Waals surface area contributed by atoms with Gasteiger partial charge in [0.25, 0.3) is 10.2 Å². The highest BCUT2D eigenvalue weighted by atomic mass is 32.2. The third kappa shape index (κ3) is 4.02. The minimum atomic E-state index is -4.12. The van der Waals surface area contributed by atoms with E-state index in [-0.39, 0.29) is 17.7 Å². The van der Waals surface area contributed by atoms with E-state index in [1.807, 2.05) is 13.2 Å². The zero-order chi connectivity index (χ0) is 24.0. The number of nitrogens with zero attached hydrogens (tertiary/aromatic N) is 6. The van der Waals surface area contributed by atoms with E-state index in [1.165, 1.54) is 0 Å². The molecule has 2 N–H and O–H groups in total. The van der Waals surface area contributed by atoms with Gasteiger partial charge in [-0.25, -0.2) is 5.14 Å². The second-order valence-corrected chi connectivity index (χ2v) is 9.54. The molecule has 10 nitrogen and oxygen atoms in total. The Labute approximate surface area is 195 Å². The first kappa shape index (κ1) is 21.7. The van der Waals surface area contributed by atoms with Crippen molar-refractivity contribution in [3.05, 3.63) is 83.2 Å². The van der Waals surface area contributed by atoms with Crippen LogP contribution < -0.4 is 14.9 Å². The van der Waals surface area contributed by atoms with Gasteiger partial charge < -0.3 is 0 Å². The molecule has 172 valence electrons. The Bertz CT molecular complexity index is 1720. The van der Waals surface area contributed by atoms with Crippen LogP contribution in [0.4, 0.5) is 5.69 Å². The summed E-state index contributed by atoms with van der Waals surface area (Å²) in [5, 5.41) is 15.2. The van der Waals surface area contributed by atoms with E-state index in [2.05, 4.69) is 15.2 Å². The van der Waals surface area contributed by atoms with Crippen molar-refractivity contribution < 1.29 is 8.42 Å². The van der Waals surface area contributed by atoms with Gasteiger partial charge in [-0.05, 0) is 29.7 Å². The predicted octanol–water partition coefficient (Wildman–Crippen LogP) is 2.09. The van der Waals surface area contributed by atoms with E-state index in [0.29, 0.717) is 27.2 Å². The summed E-state index contributed by atoms with van der Waals surface area (Å²) < 4.78 is 29.1. The van der Waals surface area contributed by atoms with Gasteiger partial charge >= 0.3 is 0 Å². The summed E-state index contributed by atoms with van der Waals surface area (Å²) in [4.78, 5) is 18.1. The van der Waals surface area contributed by atoms with Crippen molar-refractivity contribution in [1.29, 1.82) is 0 Å². The largest absolute Gasteiger partial charge is 0.299 e. The molecule has 34 heavy (non-hydrogen) atoms. The van der Waals surface area contributed by atoms with E-state index in [4.69, 9.17) is 5.14 Å². The number of aryl methyl sites for hydroxylation is 2. The normalized spacial score (nSPS) is 11.9. The van der Waals surface area contributed by atoms with Crippen LogP contribution in [0, 0.1) is 0 Å². The summed E-state index contributed by atoms with van der Waals surface area (Å²) in [5.41, 5.74) is 2.82. The van der Waals surface area contributed by atoms with E-state index in [1.54, 1.807) is 77.6 Å². The van der Waals surface area contributed by atoms with Crippen LogP contribution in [0.2, 0.25) is 0 Å². The van der Waals surface area contributed by atoms with Crippen LogP contribution in [-0.4, -0.2) is 33.0 Å². The van der Waals surface area contributed by atoms with Gasteiger partial charge in [0, 0.05) is 60.1 Å². The Morgan fingerprint density at radius 3 is 2.32 bits per heavy atom. The van der Waals surface area contributed by atoms with Crippen LogP contribution in [-0.2, 0) is 30.8 Å². The van der Waals surface area contributed by atoms with E-state index >= 15 is 0 Å². The minimum absolute atomic E-state index is 0.0151.